The Morgan fingerprint density at radius 2 is 2.00 bits per heavy atom. The number of carbonyl (C=O) groups is 1. The van der Waals surface area contributed by atoms with Crippen molar-refractivity contribution < 1.29 is 9.90 Å². The smallest absolute Gasteiger partial charge is 0.260 e. The number of hydrogen-bond acceptors (Lipinski definition) is 4. The molecule has 3 rings (SSSR count). The van der Waals surface area contributed by atoms with Gasteiger partial charge >= 0.3 is 0 Å². The molecular formula is C16H17N3O3. The summed E-state index contributed by atoms with van der Waals surface area (Å²) in [4.78, 5) is 24.4. The summed E-state index contributed by atoms with van der Waals surface area (Å²) in [6.45, 7) is 1.80. The molecule has 0 unspecified atom stereocenters. The summed E-state index contributed by atoms with van der Waals surface area (Å²) in [5.74, 6) is -0.513. The molecule has 1 aliphatic rings. The molecule has 1 aromatic heterocycles. The van der Waals surface area contributed by atoms with Crippen LogP contribution in [0, 0.1) is 6.92 Å². The average molecular weight is 299 g/mol. The van der Waals surface area contributed by atoms with Crippen LogP contribution >= 0.6 is 0 Å². The van der Waals surface area contributed by atoms with Crippen molar-refractivity contribution in [2.75, 3.05) is 5.73 Å². The fourth-order valence-corrected chi connectivity index (χ4v) is 2.61. The third-order valence-electron chi connectivity index (χ3n) is 3.98. The second-order valence-electron chi connectivity index (χ2n) is 5.65. The van der Waals surface area contributed by atoms with Gasteiger partial charge in [-0.2, -0.15) is 0 Å². The molecule has 0 bridgehead atoms. The zero-order valence-corrected chi connectivity index (χ0v) is 12.2. The average Bonchev–Trinajstić information content (AvgIpc) is 3.27. The first-order chi connectivity index (χ1) is 10.4. The lowest BCUT2D eigenvalue weighted by molar-refractivity contribution is 0.100. The first-order valence-electron chi connectivity index (χ1n) is 7.05. The summed E-state index contributed by atoms with van der Waals surface area (Å²) in [6.07, 6.45) is 1.83. The van der Waals surface area contributed by atoms with Crippen molar-refractivity contribution in [3.63, 3.8) is 0 Å². The number of hydrogen-bond donors (Lipinski definition) is 3. The van der Waals surface area contributed by atoms with Crippen LogP contribution in [0.5, 0.6) is 5.75 Å². The van der Waals surface area contributed by atoms with Gasteiger partial charge < -0.3 is 16.6 Å². The van der Waals surface area contributed by atoms with E-state index in [0.29, 0.717) is 11.3 Å². The van der Waals surface area contributed by atoms with Gasteiger partial charge in [-0.25, -0.2) is 0 Å². The van der Waals surface area contributed by atoms with Crippen molar-refractivity contribution in [3.05, 3.63) is 51.3 Å². The van der Waals surface area contributed by atoms with E-state index >= 15 is 0 Å². The first-order valence-corrected chi connectivity index (χ1v) is 7.05. The highest BCUT2D eigenvalue weighted by Crippen LogP contribution is 2.39. The Kier molecular flexibility index (Phi) is 3.16. The number of phenolic OH excluding ortho intramolecular Hbond substituents is 1. The van der Waals surface area contributed by atoms with E-state index in [1.807, 2.05) is 0 Å². The van der Waals surface area contributed by atoms with E-state index in [-0.39, 0.29) is 28.6 Å². The summed E-state index contributed by atoms with van der Waals surface area (Å²) < 4.78 is 1.27. The quantitative estimate of drug-likeness (QED) is 0.795. The van der Waals surface area contributed by atoms with Gasteiger partial charge in [0.15, 0.2) is 0 Å². The summed E-state index contributed by atoms with van der Waals surface area (Å²) in [5, 5.41) is 9.70. The van der Waals surface area contributed by atoms with Crippen LogP contribution in [0.2, 0.25) is 0 Å². The molecule has 2 aromatic rings. The van der Waals surface area contributed by atoms with Crippen molar-refractivity contribution in [2.45, 2.75) is 25.7 Å². The van der Waals surface area contributed by atoms with Crippen LogP contribution in [0.4, 0.5) is 5.82 Å². The minimum absolute atomic E-state index is 0.00407. The Balaban J connectivity index is 2.37. The maximum absolute atomic E-state index is 12.8. The number of aromatic hydroxyl groups is 1. The number of phenols is 1. The van der Waals surface area contributed by atoms with Gasteiger partial charge in [0, 0.05) is 11.6 Å². The topological polar surface area (TPSA) is 111 Å². The maximum Gasteiger partial charge on any atom is 0.260 e. The Hall–Kier alpha value is -2.76. The van der Waals surface area contributed by atoms with Gasteiger partial charge in [-0.3, -0.25) is 14.2 Å². The highest BCUT2D eigenvalue weighted by atomic mass is 16.3. The van der Waals surface area contributed by atoms with Gasteiger partial charge in [0.2, 0.25) is 0 Å². The molecule has 22 heavy (non-hydrogen) atoms. The molecule has 1 fully saturated rings. The van der Waals surface area contributed by atoms with Crippen LogP contribution in [-0.2, 0) is 0 Å². The lowest BCUT2D eigenvalue weighted by atomic mass is 10.1. The van der Waals surface area contributed by atoms with Crippen LogP contribution in [0.15, 0.2) is 29.1 Å². The molecular weight excluding hydrogens is 282 g/mol. The van der Waals surface area contributed by atoms with Crippen LogP contribution in [0.25, 0.3) is 5.69 Å². The van der Waals surface area contributed by atoms with Crippen molar-refractivity contribution in [2.24, 2.45) is 5.73 Å². The molecule has 0 aliphatic heterocycles. The van der Waals surface area contributed by atoms with Crippen LogP contribution in [0.3, 0.4) is 0 Å². The van der Waals surface area contributed by atoms with Crippen molar-refractivity contribution in [3.8, 4) is 11.4 Å². The number of primary amides is 1. The number of carbonyl (C=O) groups excluding carboxylic acids is 1. The van der Waals surface area contributed by atoms with Crippen molar-refractivity contribution in [1.82, 2.24) is 4.57 Å². The molecule has 1 heterocycles. The fraction of sp³-hybridized carbons (Fsp3) is 0.250. The predicted octanol–water partition coefficient (Wildman–Crippen LogP) is 1.41. The zero-order valence-electron chi connectivity index (χ0n) is 12.2. The van der Waals surface area contributed by atoms with Crippen molar-refractivity contribution in [1.29, 1.82) is 0 Å². The fourth-order valence-electron chi connectivity index (χ4n) is 2.61. The van der Waals surface area contributed by atoms with E-state index < -0.39 is 5.91 Å². The Bertz CT molecular complexity index is 835. The summed E-state index contributed by atoms with van der Waals surface area (Å²) in [7, 11) is 0. The molecule has 1 aliphatic carbocycles. The Labute approximate surface area is 127 Å². The third-order valence-corrected chi connectivity index (χ3v) is 3.98. The number of anilines is 1. The van der Waals surface area contributed by atoms with Gasteiger partial charge in [-0.1, -0.05) is 6.07 Å². The highest BCUT2D eigenvalue weighted by molar-refractivity contribution is 5.97. The predicted molar refractivity (Wildman–Crippen MR) is 83.3 cm³/mol. The number of aromatic nitrogens is 1. The standard InChI is InChI=1S/C16H17N3O3/c1-8-2-5-10(20)6-13(8)19-14(17)12(15(18)21)7-11(16(19)22)9-3-4-9/h2,5-7,9,20H,3-4,17H2,1H3,(H2,18,21). The molecule has 0 spiro atoms. The molecule has 114 valence electrons. The first kappa shape index (κ1) is 14.2. The molecule has 5 N–H and O–H groups in total. The maximum atomic E-state index is 12.8. The summed E-state index contributed by atoms with van der Waals surface area (Å²) in [6, 6.07) is 6.17. The molecule has 0 radical (unpaired) electrons. The number of amides is 1. The lowest BCUT2D eigenvalue weighted by Gasteiger charge is -2.16. The van der Waals surface area contributed by atoms with Gasteiger partial charge in [0.25, 0.3) is 11.5 Å². The minimum atomic E-state index is -0.675. The van der Waals surface area contributed by atoms with Gasteiger partial charge in [0.05, 0.1) is 11.3 Å². The van der Waals surface area contributed by atoms with Gasteiger partial charge in [-0.15, -0.1) is 0 Å². The van der Waals surface area contributed by atoms with Crippen LogP contribution in [-0.4, -0.2) is 15.6 Å². The Morgan fingerprint density at radius 3 is 2.59 bits per heavy atom. The molecule has 1 saturated carbocycles. The molecule has 6 heteroatoms. The number of rotatable bonds is 3. The normalized spacial score (nSPS) is 14.0. The largest absolute Gasteiger partial charge is 0.508 e. The van der Waals surface area contributed by atoms with E-state index in [1.54, 1.807) is 13.0 Å². The van der Waals surface area contributed by atoms with E-state index in [2.05, 4.69) is 0 Å². The molecule has 1 aromatic carbocycles. The molecule has 6 nitrogen and oxygen atoms in total. The zero-order chi connectivity index (χ0) is 16.0. The molecule has 0 atom stereocenters. The van der Waals surface area contributed by atoms with Gasteiger partial charge in [-0.05, 0) is 43.4 Å². The van der Waals surface area contributed by atoms with E-state index in [9.17, 15) is 14.7 Å². The van der Waals surface area contributed by atoms with Crippen LogP contribution in [0.1, 0.15) is 40.2 Å². The number of nitrogen functional groups attached to an aromatic ring is 1. The summed E-state index contributed by atoms with van der Waals surface area (Å²) >= 11 is 0. The third kappa shape index (κ3) is 2.22. The van der Waals surface area contributed by atoms with Crippen LogP contribution < -0.4 is 17.0 Å². The highest BCUT2D eigenvalue weighted by Gasteiger charge is 2.30. The molecule has 1 amide bonds. The minimum Gasteiger partial charge on any atom is -0.508 e. The molecule has 0 saturated heterocycles. The number of benzene rings is 1. The number of nitrogens with two attached hydrogens (primary N) is 2. The second-order valence-corrected chi connectivity index (χ2v) is 5.65. The summed E-state index contributed by atoms with van der Waals surface area (Å²) in [5.41, 5.74) is 13.0. The van der Waals surface area contributed by atoms with E-state index in [1.165, 1.54) is 22.8 Å². The second kappa shape index (κ2) is 4.91. The number of aryl methyl sites for hydroxylation is 1. The SMILES string of the molecule is Cc1ccc(O)cc1-n1c(N)c(C(N)=O)cc(C2CC2)c1=O. The van der Waals surface area contributed by atoms with E-state index in [0.717, 1.165) is 18.4 Å². The monoisotopic (exact) mass is 299 g/mol. The van der Waals surface area contributed by atoms with E-state index in [4.69, 9.17) is 11.5 Å². The number of pyridine rings is 1. The Morgan fingerprint density at radius 1 is 1.32 bits per heavy atom. The van der Waals surface area contributed by atoms with Gasteiger partial charge in [0.1, 0.15) is 11.6 Å². The van der Waals surface area contributed by atoms with Crippen molar-refractivity contribution >= 4 is 11.7 Å². The number of nitrogens with zero attached hydrogens (tertiary/aromatic N) is 1. The lowest BCUT2D eigenvalue weighted by Crippen LogP contribution is -2.29.